The highest BCUT2D eigenvalue weighted by atomic mass is 32.1. The number of benzene rings is 8. The highest BCUT2D eigenvalue weighted by Gasteiger charge is 2.46. The molecule has 1 aliphatic carbocycles. The summed E-state index contributed by atoms with van der Waals surface area (Å²) in [6.07, 6.45) is 0. The Morgan fingerprint density at radius 1 is 0.590 bits per heavy atom. The Labute approximate surface area is 358 Å². The zero-order chi connectivity index (χ0) is 40.8. The van der Waals surface area contributed by atoms with Crippen molar-refractivity contribution in [2.24, 2.45) is 0 Å². The summed E-state index contributed by atoms with van der Waals surface area (Å²) in [6.45, 7) is 14.0. The third-order valence-corrected chi connectivity index (χ3v) is 15.8. The maximum absolute atomic E-state index is 6.64. The highest BCUT2D eigenvalue weighted by Crippen LogP contribution is 2.55. The van der Waals surface area contributed by atoms with E-state index >= 15 is 0 Å². The molecular weight excluding hydrogens is 760 g/mol. The summed E-state index contributed by atoms with van der Waals surface area (Å²) in [5.41, 5.74) is 21.5. The normalized spacial score (nSPS) is 14.8. The van der Waals surface area contributed by atoms with Crippen molar-refractivity contribution in [3.8, 4) is 27.9 Å². The lowest BCUT2D eigenvalue weighted by Crippen LogP contribution is -2.60. The van der Waals surface area contributed by atoms with Gasteiger partial charge in [-0.05, 0) is 117 Å². The number of nitrogens with zero attached hydrogens (tertiary/aromatic N) is 2. The van der Waals surface area contributed by atoms with Crippen molar-refractivity contribution >= 4 is 104 Å². The third-order valence-electron chi connectivity index (χ3n) is 14.6. The van der Waals surface area contributed by atoms with Crippen LogP contribution >= 0.6 is 11.3 Å². The first-order valence-electron chi connectivity index (χ1n) is 21.6. The Bertz CT molecular complexity index is 3800. The smallest absolute Gasteiger partial charge is 0.333 e. The van der Waals surface area contributed by atoms with Crippen molar-refractivity contribution in [1.29, 1.82) is 0 Å². The van der Waals surface area contributed by atoms with Gasteiger partial charge >= 0.3 is 6.85 Å². The molecule has 0 amide bonds. The van der Waals surface area contributed by atoms with E-state index in [-0.39, 0.29) is 17.7 Å². The topological polar surface area (TPSA) is 21.3 Å². The molecule has 0 saturated heterocycles. The summed E-state index contributed by atoms with van der Waals surface area (Å²) < 4.78 is 11.9. The molecule has 2 aliphatic heterocycles. The fourth-order valence-corrected chi connectivity index (χ4v) is 12.9. The molecule has 0 atom stereocenters. The van der Waals surface area contributed by atoms with Crippen LogP contribution in [0.2, 0.25) is 0 Å². The van der Waals surface area contributed by atoms with Crippen molar-refractivity contribution in [3.05, 3.63) is 162 Å². The SMILES string of the molecule is Cc1cc2c3c4c1c1cc5c(cc1n4-c1cc4c(cc1B3N(c1ccc(C(C)(C)C)cc1)c1cc3c(cc1-2)C(C)(C)c1ccccc1-3)sc1ccccc14)oc1ccccc15. The van der Waals surface area contributed by atoms with Crippen LogP contribution in [0.1, 0.15) is 56.9 Å². The Hall–Kier alpha value is -6.56. The van der Waals surface area contributed by atoms with Gasteiger partial charge in [0.15, 0.2) is 0 Å². The number of hydrogen-bond donors (Lipinski definition) is 0. The highest BCUT2D eigenvalue weighted by molar-refractivity contribution is 7.26. The third kappa shape index (κ3) is 4.25. The van der Waals surface area contributed by atoms with Crippen LogP contribution in [0.4, 0.5) is 11.4 Å². The van der Waals surface area contributed by atoms with E-state index in [4.69, 9.17) is 4.42 Å². The van der Waals surface area contributed by atoms with Crippen LogP contribution in [0.3, 0.4) is 0 Å². The van der Waals surface area contributed by atoms with Gasteiger partial charge in [0.2, 0.25) is 0 Å². The van der Waals surface area contributed by atoms with Crippen molar-refractivity contribution < 1.29 is 4.42 Å². The molecule has 3 aliphatic rings. The molecule has 5 heterocycles. The maximum Gasteiger partial charge on any atom is 0.333 e. The molecule has 0 bridgehead atoms. The largest absolute Gasteiger partial charge is 0.456 e. The van der Waals surface area contributed by atoms with Gasteiger partial charge in [0.1, 0.15) is 11.2 Å². The Balaban J connectivity index is 1.17. The summed E-state index contributed by atoms with van der Waals surface area (Å²) in [5, 5.41) is 7.55. The van der Waals surface area contributed by atoms with Gasteiger partial charge in [0, 0.05) is 75.8 Å². The van der Waals surface area contributed by atoms with Gasteiger partial charge < -0.3 is 13.8 Å². The minimum atomic E-state index is -0.126. The van der Waals surface area contributed by atoms with Gasteiger partial charge in [-0.15, -0.1) is 11.3 Å². The fraction of sp³-hybridized carbons (Fsp3) is 0.143. The number of aryl methyl sites for hydroxylation is 1. The van der Waals surface area contributed by atoms with Crippen LogP contribution in [0, 0.1) is 6.92 Å². The van der Waals surface area contributed by atoms with Crippen molar-refractivity contribution in [3.63, 3.8) is 0 Å². The number of hydrogen-bond acceptors (Lipinski definition) is 3. The number of anilines is 2. The maximum atomic E-state index is 6.64. The lowest BCUT2D eigenvalue weighted by molar-refractivity contribution is 0.590. The van der Waals surface area contributed by atoms with Crippen LogP contribution in [0.25, 0.3) is 91.9 Å². The molecule has 61 heavy (non-hydrogen) atoms. The molecule has 5 heteroatoms. The predicted octanol–water partition coefficient (Wildman–Crippen LogP) is 14.2. The number of para-hydroxylation sites is 1. The van der Waals surface area contributed by atoms with Crippen molar-refractivity contribution in [2.75, 3.05) is 4.81 Å². The number of fused-ring (bicyclic) bond motifs is 17. The predicted molar refractivity (Wildman–Crippen MR) is 261 cm³/mol. The van der Waals surface area contributed by atoms with Crippen LogP contribution < -0.4 is 15.7 Å². The second-order valence-electron chi connectivity index (χ2n) is 19.3. The Morgan fingerprint density at radius 2 is 1.36 bits per heavy atom. The fourth-order valence-electron chi connectivity index (χ4n) is 11.7. The van der Waals surface area contributed by atoms with Gasteiger partial charge in [-0.2, -0.15) is 0 Å². The molecule has 3 nitrogen and oxygen atoms in total. The van der Waals surface area contributed by atoms with Gasteiger partial charge in [-0.25, -0.2) is 0 Å². The van der Waals surface area contributed by atoms with E-state index in [0.29, 0.717) is 0 Å². The van der Waals surface area contributed by atoms with Gasteiger partial charge in [-0.3, -0.25) is 0 Å². The summed E-state index contributed by atoms with van der Waals surface area (Å²) in [5.74, 6) is 0. The Kier molecular flexibility index (Phi) is 6.29. The van der Waals surface area contributed by atoms with E-state index in [1.807, 2.05) is 11.3 Å². The van der Waals surface area contributed by atoms with Crippen LogP contribution in [-0.2, 0) is 10.8 Å². The van der Waals surface area contributed by atoms with Crippen molar-refractivity contribution in [2.45, 2.75) is 52.4 Å². The minimum absolute atomic E-state index is 0.0421. The zero-order valence-electron chi connectivity index (χ0n) is 35.1. The van der Waals surface area contributed by atoms with E-state index in [0.717, 1.165) is 21.9 Å². The van der Waals surface area contributed by atoms with E-state index in [2.05, 4.69) is 190 Å². The quantitative estimate of drug-likeness (QED) is 0.154. The average Bonchev–Trinajstić information content (AvgIpc) is 3.98. The van der Waals surface area contributed by atoms with E-state index in [9.17, 15) is 0 Å². The molecule has 290 valence electrons. The monoisotopic (exact) mass is 800 g/mol. The molecule has 14 rings (SSSR count). The Morgan fingerprint density at radius 3 is 2.20 bits per heavy atom. The summed E-state index contributed by atoms with van der Waals surface area (Å²) in [4.78, 5) is 2.70. The number of furan rings is 1. The van der Waals surface area contributed by atoms with Crippen LogP contribution in [-0.4, -0.2) is 11.4 Å². The number of thiophene rings is 1. The molecule has 0 saturated carbocycles. The second kappa shape index (κ2) is 11.2. The molecule has 8 aromatic carbocycles. The van der Waals surface area contributed by atoms with Gasteiger partial charge in [0.25, 0.3) is 0 Å². The molecule has 0 fully saturated rings. The first kappa shape index (κ1) is 34.2. The molecule has 0 spiro atoms. The van der Waals surface area contributed by atoms with Crippen LogP contribution in [0.5, 0.6) is 0 Å². The molecule has 0 N–H and O–H groups in total. The standard InChI is InChI=1S/C56H41BN2OS/c1-30-23-40-37-25-43-36(33-13-7-10-16-42(33)56(43,5)6)26-46(37)59(32-21-19-31(20-22-32)55(2,3)4)57-44-28-51-39(35-15-9-12-18-50(35)61-51)27-47(44)58-45-29-49-38(34-14-8-11-17-48(34)60-49)24-41(45)52(30)54(58)53(40)57/h7-29H,1-6H3. The number of aromatic nitrogens is 1. The van der Waals surface area contributed by atoms with Crippen LogP contribution in [0.15, 0.2) is 144 Å². The first-order chi connectivity index (χ1) is 29.5. The minimum Gasteiger partial charge on any atom is -0.456 e. The summed E-state index contributed by atoms with van der Waals surface area (Å²) in [7, 11) is 0. The average molecular weight is 801 g/mol. The second-order valence-corrected chi connectivity index (χ2v) is 20.4. The lowest BCUT2D eigenvalue weighted by atomic mass is 9.43. The van der Waals surface area contributed by atoms with E-state index < -0.39 is 0 Å². The van der Waals surface area contributed by atoms with Crippen molar-refractivity contribution in [1.82, 2.24) is 4.57 Å². The molecular formula is C56H41BN2OS. The van der Waals surface area contributed by atoms with Gasteiger partial charge in [0.05, 0.1) is 11.0 Å². The lowest BCUT2D eigenvalue weighted by Gasteiger charge is -2.43. The number of rotatable bonds is 1. The zero-order valence-corrected chi connectivity index (χ0v) is 35.9. The summed E-state index contributed by atoms with van der Waals surface area (Å²) >= 11 is 1.91. The molecule has 3 aromatic heterocycles. The molecule has 11 aromatic rings. The van der Waals surface area contributed by atoms with E-state index in [1.165, 1.54) is 114 Å². The molecule has 0 unspecified atom stereocenters. The van der Waals surface area contributed by atoms with E-state index in [1.54, 1.807) is 0 Å². The first-order valence-corrected chi connectivity index (χ1v) is 22.4. The van der Waals surface area contributed by atoms with Gasteiger partial charge in [-0.1, -0.05) is 113 Å². The molecule has 0 radical (unpaired) electrons. The summed E-state index contributed by atoms with van der Waals surface area (Å²) in [6, 6.07) is 53.3.